The third-order valence-electron chi connectivity index (χ3n) is 5.20. The Hall–Kier alpha value is -2.27. The Morgan fingerprint density at radius 1 is 0.960 bits per heavy atom. The molecule has 2 fully saturated rings. The molecule has 2 atom stereocenters. The van der Waals surface area contributed by atoms with Gasteiger partial charge in [0.05, 0.1) is 5.56 Å². The molecule has 2 aromatic rings. The largest absolute Gasteiger partial charge is 0.349 e. The third-order valence-corrected chi connectivity index (χ3v) is 5.20. The number of nitrogens with one attached hydrogen (secondary N) is 2. The summed E-state index contributed by atoms with van der Waals surface area (Å²) in [6.45, 7) is 0. The van der Waals surface area contributed by atoms with Crippen LogP contribution in [0.2, 0.25) is 0 Å². The molecule has 2 aromatic carbocycles. The molecule has 2 aliphatic heterocycles. The molecule has 2 heterocycles. The molecule has 2 aliphatic rings. The van der Waals surface area contributed by atoms with E-state index in [1.165, 1.54) is 24.3 Å². The van der Waals surface area contributed by atoms with Gasteiger partial charge >= 0.3 is 0 Å². The van der Waals surface area contributed by atoms with Gasteiger partial charge in [0.1, 0.15) is 11.6 Å². The van der Waals surface area contributed by atoms with Crippen LogP contribution in [0.25, 0.3) is 11.1 Å². The molecule has 3 nitrogen and oxygen atoms in total. The van der Waals surface area contributed by atoms with Gasteiger partial charge in [0.2, 0.25) is 0 Å². The molecule has 5 heteroatoms. The fourth-order valence-electron chi connectivity index (χ4n) is 3.96. The summed E-state index contributed by atoms with van der Waals surface area (Å²) in [4.78, 5) is 12.4. The van der Waals surface area contributed by atoms with Crippen molar-refractivity contribution >= 4 is 5.91 Å². The zero-order valence-corrected chi connectivity index (χ0v) is 13.8. The zero-order chi connectivity index (χ0) is 17.4. The van der Waals surface area contributed by atoms with E-state index in [4.69, 9.17) is 0 Å². The summed E-state index contributed by atoms with van der Waals surface area (Å²) in [5, 5.41) is 6.50. The van der Waals surface area contributed by atoms with Gasteiger partial charge in [-0.05, 0) is 61.1 Å². The normalized spacial score (nSPS) is 25.0. The molecule has 25 heavy (non-hydrogen) atoms. The van der Waals surface area contributed by atoms with Crippen LogP contribution in [0.15, 0.2) is 42.5 Å². The molecule has 0 aromatic heterocycles. The molecule has 0 spiro atoms. The van der Waals surface area contributed by atoms with Crippen molar-refractivity contribution in [2.45, 2.75) is 43.8 Å². The molecular formula is C20H20F2N2O. The maximum atomic E-state index is 14.4. The van der Waals surface area contributed by atoms with Crippen molar-refractivity contribution in [2.75, 3.05) is 0 Å². The van der Waals surface area contributed by atoms with Crippen LogP contribution in [-0.2, 0) is 0 Å². The van der Waals surface area contributed by atoms with Crippen LogP contribution in [0, 0.1) is 11.6 Å². The highest BCUT2D eigenvalue weighted by atomic mass is 19.1. The van der Waals surface area contributed by atoms with Crippen LogP contribution in [0.3, 0.4) is 0 Å². The van der Waals surface area contributed by atoms with Gasteiger partial charge in [-0.25, -0.2) is 8.78 Å². The first-order valence-electron chi connectivity index (χ1n) is 8.71. The molecule has 2 unspecified atom stereocenters. The van der Waals surface area contributed by atoms with E-state index < -0.39 is 5.82 Å². The predicted octanol–water partition coefficient (Wildman–Crippen LogP) is 3.64. The maximum absolute atomic E-state index is 14.4. The number of fused-ring (bicyclic) bond motifs is 2. The summed E-state index contributed by atoms with van der Waals surface area (Å²) in [6, 6.07) is 11.4. The lowest BCUT2D eigenvalue weighted by atomic mass is 9.99. The molecule has 2 saturated heterocycles. The summed E-state index contributed by atoms with van der Waals surface area (Å²) in [6.07, 6.45) is 4.10. The minimum Gasteiger partial charge on any atom is -0.349 e. The summed E-state index contributed by atoms with van der Waals surface area (Å²) in [5.74, 6) is -1.26. The first-order valence-corrected chi connectivity index (χ1v) is 8.71. The molecule has 0 saturated carbocycles. The SMILES string of the molecule is O=C(NC1CC2CCC(C1)N2)c1ccc(-c2ccc(F)cc2)cc1F. The van der Waals surface area contributed by atoms with Gasteiger partial charge in [0.25, 0.3) is 5.91 Å². The van der Waals surface area contributed by atoms with Crippen molar-refractivity contribution in [3.8, 4) is 11.1 Å². The van der Waals surface area contributed by atoms with Crippen molar-refractivity contribution < 1.29 is 13.6 Å². The van der Waals surface area contributed by atoms with E-state index >= 15 is 0 Å². The van der Waals surface area contributed by atoms with Crippen molar-refractivity contribution in [3.63, 3.8) is 0 Å². The van der Waals surface area contributed by atoms with E-state index in [-0.39, 0.29) is 23.3 Å². The van der Waals surface area contributed by atoms with E-state index in [9.17, 15) is 13.6 Å². The molecule has 0 aliphatic carbocycles. The highest BCUT2D eigenvalue weighted by Gasteiger charge is 2.34. The van der Waals surface area contributed by atoms with Crippen LogP contribution in [-0.4, -0.2) is 24.0 Å². The van der Waals surface area contributed by atoms with E-state index in [0.717, 1.165) is 25.7 Å². The first-order chi connectivity index (χ1) is 12.1. The molecule has 4 rings (SSSR count). The number of carbonyl (C=O) groups excluding carboxylic acids is 1. The van der Waals surface area contributed by atoms with Gasteiger partial charge in [-0.1, -0.05) is 18.2 Å². The average molecular weight is 342 g/mol. The van der Waals surface area contributed by atoms with Gasteiger partial charge in [-0.2, -0.15) is 0 Å². The van der Waals surface area contributed by atoms with Crippen molar-refractivity contribution in [1.82, 2.24) is 10.6 Å². The molecule has 2 N–H and O–H groups in total. The van der Waals surface area contributed by atoms with Gasteiger partial charge in [-0.3, -0.25) is 4.79 Å². The Morgan fingerprint density at radius 3 is 2.24 bits per heavy atom. The van der Waals surface area contributed by atoms with Crippen molar-refractivity contribution in [2.24, 2.45) is 0 Å². The fourth-order valence-corrected chi connectivity index (χ4v) is 3.96. The highest BCUT2D eigenvalue weighted by Crippen LogP contribution is 2.27. The van der Waals surface area contributed by atoms with Gasteiger partial charge in [0, 0.05) is 18.1 Å². The average Bonchev–Trinajstić information content (AvgIpc) is 2.94. The quantitative estimate of drug-likeness (QED) is 0.894. The fraction of sp³-hybridized carbons (Fsp3) is 0.350. The Balaban J connectivity index is 1.48. The number of rotatable bonds is 3. The number of hydrogen-bond donors (Lipinski definition) is 2. The Bertz CT molecular complexity index is 779. The lowest BCUT2D eigenvalue weighted by Gasteiger charge is -2.29. The summed E-state index contributed by atoms with van der Waals surface area (Å²) in [5.41, 5.74) is 1.38. The summed E-state index contributed by atoms with van der Waals surface area (Å²) in [7, 11) is 0. The second-order valence-electron chi connectivity index (χ2n) is 6.98. The third kappa shape index (κ3) is 3.42. The van der Waals surface area contributed by atoms with Crippen LogP contribution in [0.4, 0.5) is 8.78 Å². The first kappa shape index (κ1) is 16.2. The van der Waals surface area contributed by atoms with E-state index in [1.54, 1.807) is 18.2 Å². The molecule has 0 radical (unpaired) electrons. The van der Waals surface area contributed by atoms with Gasteiger partial charge in [0.15, 0.2) is 0 Å². The number of carbonyl (C=O) groups is 1. The molecule has 2 bridgehead atoms. The van der Waals surface area contributed by atoms with E-state index in [0.29, 0.717) is 23.2 Å². The maximum Gasteiger partial charge on any atom is 0.254 e. The van der Waals surface area contributed by atoms with Gasteiger partial charge in [-0.15, -0.1) is 0 Å². The van der Waals surface area contributed by atoms with Crippen molar-refractivity contribution in [1.29, 1.82) is 0 Å². The Labute approximate surface area is 145 Å². The number of piperidine rings is 1. The topological polar surface area (TPSA) is 41.1 Å². The van der Waals surface area contributed by atoms with Crippen LogP contribution in [0.1, 0.15) is 36.0 Å². The van der Waals surface area contributed by atoms with Crippen LogP contribution >= 0.6 is 0 Å². The molecular weight excluding hydrogens is 322 g/mol. The van der Waals surface area contributed by atoms with Crippen LogP contribution in [0.5, 0.6) is 0 Å². The van der Waals surface area contributed by atoms with Crippen molar-refractivity contribution in [3.05, 3.63) is 59.7 Å². The highest BCUT2D eigenvalue weighted by molar-refractivity contribution is 5.95. The van der Waals surface area contributed by atoms with Crippen LogP contribution < -0.4 is 10.6 Å². The smallest absolute Gasteiger partial charge is 0.254 e. The second-order valence-corrected chi connectivity index (χ2v) is 6.98. The lowest BCUT2D eigenvalue weighted by molar-refractivity contribution is 0.0920. The Kier molecular flexibility index (Phi) is 4.25. The zero-order valence-electron chi connectivity index (χ0n) is 13.8. The number of halogens is 2. The molecule has 130 valence electrons. The standard InChI is InChI=1S/C20H20F2N2O/c21-14-4-1-12(2-5-14)13-3-8-18(19(22)9-13)20(25)24-17-10-15-6-7-16(11-17)23-15/h1-5,8-9,15-17,23H,6-7,10-11H2,(H,24,25). The second kappa shape index (κ2) is 6.56. The lowest BCUT2D eigenvalue weighted by Crippen LogP contribution is -2.48. The summed E-state index contributed by atoms with van der Waals surface area (Å²) < 4.78 is 27.4. The minimum absolute atomic E-state index is 0.0525. The number of hydrogen-bond acceptors (Lipinski definition) is 2. The predicted molar refractivity (Wildman–Crippen MR) is 92.2 cm³/mol. The number of amides is 1. The molecule has 1 amide bonds. The summed E-state index contributed by atoms with van der Waals surface area (Å²) >= 11 is 0. The minimum atomic E-state index is -0.559. The van der Waals surface area contributed by atoms with E-state index in [2.05, 4.69) is 10.6 Å². The number of benzene rings is 2. The van der Waals surface area contributed by atoms with E-state index in [1.807, 2.05) is 0 Å². The Morgan fingerprint density at radius 2 is 1.60 bits per heavy atom. The van der Waals surface area contributed by atoms with Gasteiger partial charge < -0.3 is 10.6 Å². The monoisotopic (exact) mass is 342 g/mol.